The van der Waals surface area contributed by atoms with E-state index in [-0.39, 0.29) is 0 Å². The number of aromatic nitrogens is 1. The van der Waals surface area contributed by atoms with E-state index in [0.717, 1.165) is 18.5 Å². The van der Waals surface area contributed by atoms with Crippen LogP contribution >= 0.6 is 11.3 Å². The average molecular weight is 265 g/mol. The molecule has 1 aromatic rings. The van der Waals surface area contributed by atoms with Crippen molar-refractivity contribution in [3.63, 3.8) is 0 Å². The van der Waals surface area contributed by atoms with E-state index in [1.165, 1.54) is 43.1 Å². The monoisotopic (exact) mass is 265 g/mol. The molecule has 2 atom stereocenters. The van der Waals surface area contributed by atoms with Crippen molar-refractivity contribution in [1.82, 2.24) is 15.2 Å². The molecule has 0 spiro atoms. The topological polar surface area (TPSA) is 28.2 Å². The van der Waals surface area contributed by atoms with Crippen LogP contribution in [-0.4, -0.2) is 35.6 Å². The molecule has 100 valence electrons. The van der Waals surface area contributed by atoms with Crippen LogP contribution in [0.1, 0.15) is 42.9 Å². The summed E-state index contributed by atoms with van der Waals surface area (Å²) in [6.45, 7) is 8.07. The predicted octanol–water partition coefficient (Wildman–Crippen LogP) is 2.59. The highest BCUT2D eigenvalue weighted by Crippen LogP contribution is 2.31. The summed E-state index contributed by atoms with van der Waals surface area (Å²) in [7, 11) is 0. The largest absolute Gasteiger partial charge is 0.309 e. The number of nitrogens with one attached hydrogen (secondary N) is 1. The molecular formula is C14H23N3S. The van der Waals surface area contributed by atoms with E-state index < -0.39 is 0 Å². The third kappa shape index (κ3) is 2.92. The minimum atomic E-state index is 0.393. The number of nitrogens with zero attached hydrogens (tertiary/aromatic N) is 2. The Morgan fingerprint density at radius 1 is 1.50 bits per heavy atom. The molecule has 4 heteroatoms. The Labute approximate surface area is 114 Å². The predicted molar refractivity (Wildman–Crippen MR) is 76.0 cm³/mol. The Kier molecular flexibility index (Phi) is 3.68. The van der Waals surface area contributed by atoms with Crippen molar-refractivity contribution < 1.29 is 0 Å². The van der Waals surface area contributed by atoms with Crippen LogP contribution in [0, 0.1) is 12.8 Å². The Bertz CT molecular complexity index is 399. The van der Waals surface area contributed by atoms with Gasteiger partial charge in [0.15, 0.2) is 0 Å². The molecule has 2 fully saturated rings. The molecule has 2 unspecified atom stereocenters. The van der Waals surface area contributed by atoms with E-state index in [0.29, 0.717) is 6.04 Å². The van der Waals surface area contributed by atoms with Crippen LogP contribution < -0.4 is 5.32 Å². The summed E-state index contributed by atoms with van der Waals surface area (Å²) in [6.07, 6.45) is 4.25. The summed E-state index contributed by atoms with van der Waals surface area (Å²) in [4.78, 5) is 7.24. The van der Waals surface area contributed by atoms with Gasteiger partial charge in [-0.1, -0.05) is 0 Å². The van der Waals surface area contributed by atoms with E-state index >= 15 is 0 Å². The Balaban J connectivity index is 1.44. The number of hydrogen-bond donors (Lipinski definition) is 1. The normalized spacial score (nSPS) is 26.7. The van der Waals surface area contributed by atoms with E-state index in [2.05, 4.69) is 34.4 Å². The van der Waals surface area contributed by atoms with Gasteiger partial charge in [-0.25, -0.2) is 4.98 Å². The molecule has 0 aromatic carbocycles. The molecule has 2 heterocycles. The van der Waals surface area contributed by atoms with Crippen LogP contribution in [0.25, 0.3) is 0 Å². The smallest absolute Gasteiger partial charge is 0.0898 e. The molecule has 18 heavy (non-hydrogen) atoms. The molecular weight excluding hydrogens is 242 g/mol. The second-order valence-corrected chi connectivity index (χ2v) is 6.86. The summed E-state index contributed by atoms with van der Waals surface area (Å²) in [5.74, 6) is 0.841. The Morgan fingerprint density at radius 2 is 2.33 bits per heavy atom. The molecule has 0 radical (unpaired) electrons. The number of likely N-dealkylation sites (tertiary alicyclic amines) is 1. The minimum Gasteiger partial charge on any atom is -0.309 e. The molecule has 1 aliphatic heterocycles. The lowest BCUT2D eigenvalue weighted by Crippen LogP contribution is -2.29. The van der Waals surface area contributed by atoms with Gasteiger partial charge >= 0.3 is 0 Å². The highest BCUT2D eigenvalue weighted by Gasteiger charge is 2.34. The van der Waals surface area contributed by atoms with Gasteiger partial charge < -0.3 is 10.2 Å². The zero-order chi connectivity index (χ0) is 12.5. The van der Waals surface area contributed by atoms with Gasteiger partial charge in [0, 0.05) is 24.0 Å². The van der Waals surface area contributed by atoms with Crippen molar-refractivity contribution in [1.29, 1.82) is 0 Å². The fourth-order valence-electron chi connectivity index (χ4n) is 2.83. The fourth-order valence-corrected chi connectivity index (χ4v) is 3.53. The molecule has 2 aliphatic rings. The van der Waals surface area contributed by atoms with E-state index in [1.54, 1.807) is 11.3 Å². The molecule has 0 bridgehead atoms. The van der Waals surface area contributed by atoms with E-state index in [9.17, 15) is 0 Å². The lowest BCUT2D eigenvalue weighted by molar-refractivity contribution is 0.310. The summed E-state index contributed by atoms with van der Waals surface area (Å²) in [5.41, 5.74) is 1.20. The number of thiazole rings is 1. The average Bonchev–Trinajstić information content (AvgIpc) is 2.95. The summed E-state index contributed by atoms with van der Waals surface area (Å²) in [6, 6.07) is 1.33. The van der Waals surface area contributed by atoms with Crippen LogP contribution in [0.2, 0.25) is 0 Å². The van der Waals surface area contributed by atoms with Crippen LogP contribution in [0.4, 0.5) is 0 Å². The first-order valence-corrected chi connectivity index (χ1v) is 8.00. The van der Waals surface area contributed by atoms with Crippen molar-refractivity contribution in [2.24, 2.45) is 5.92 Å². The van der Waals surface area contributed by atoms with Gasteiger partial charge in [-0.2, -0.15) is 0 Å². The van der Waals surface area contributed by atoms with Gasteiger partial charge in [0.25, 0.3) is 0 Å². The molecule has 1 N–H and O–H groups in total. The van der Waals surface area contributed by atoms with Gasteiger partial charge in [-0.15, -0.1) is 11.3 Å². The zero-order valence-corrected chi connectivity index (χ0v) is 12.2. The fraction of sp³-hybridized carbons (Fsp3) is 0.786. The van der Waals surface area contributed by atoms with Crippen molar-refractivity contribution in [2.75, 3.05) is 19.6 Å². The second-order valence-electron chi connectivity index (χ2n) is 5.80. The van der Waals surface area contributed by atoms with Crippen LogP contribution in [0.5, 0.6) is 0 Å². The molecule has 3 nitrogen and oxygen atoms in total. The number of hydrogen-bond acceptors (Lipinski definition) is 4. The van der Waals surface area contributed by atoms with Crippen molar-refractivity contribution in [3.05, 3.63) is 16.1 Å². The molecule has 3 rings (SSSR count). The van der Waals surface area contributed by atoms with Crippen molar-refractivity contribution in [3.8, 4) is 0 Å². The third-order valence-corrected chi connectivity index (χ3v) is 4.97. The SMILES string of the molecule is Cc1nc(C(C)NCC2CCN(C3CC3)C2)cs1. The standard InChI is InChI=1S/C14H23N3S/c1-10(14-9-18-11(2)16-14)15-7-12-5-6-17(8-12)13-3-4-13/h9-10,12-13,15H,3-8H2,1-2H3. The summed E-state index contributed by atoms with van der Waals surface area (Å²) in [5, 5.41) is 7.00. The number of aryl methyl sites for hydroxylation is 1. The first-order chi connectivity index (χ1) is 8.72. The molecule has 1 aromatic heterocycles. The van der Waals surface area contributed by atoms with E-state index in [4.69, 9.17) is 0 Å². The van der Waals surface area contributed by atoms with Crippen molar-refractivity contribution >= 4 is 11.3 Å². The van der Waals surface area contributed by atoms with Crippen LogP contribution in [-0.2, 0) is 0 Å². The van der Waals surface area contributed by atoms with Gasteiger partial charge in [-0.3, -0.25) is 0 Å². The maximum Gasteiger partial charge on any atom is 0.0898 e. The first kappa shape index (κ1) is 12.6. The second kappa shape index (κ2) is 5.27. The highest BCUT2D eigenvalue weighted by atomic mass is 32.1. The minimum absolute atomic E-state index is 0.393. The quantitative estimate of drug-likeness (QED) is 0.887. The molecule has 1 saturated heterocycles. The maximum atomic E-state index is 4.55. The third-order valence-electron chi connectivity index (χ3n) is 4.17. The van der Waals surface area contributed by atoms with Gasteiger partial charge in [0.05, 0.1) is 10.7 Å². The lowest BCUT2D eigenvalue weighted by Gasteiger charge is -2.17. The van der Waals surface area contributed by atoms with Crippen LogP contribution in [0.15, 0.2) is 5.38 Å². The van der Waals surface area contributed by atoms with Gasteiger partial charge in [-0.05, 0) is 52.1 Å². The first-order valence-electron chi connectivity index (χ1n) is 7.12. The number of rotatable bonds is 5. The van der Waals surface area contributed by atoms with Gasteiger partial charge in [0.2, 0.25) is 0 Å². The lowest BCUT2D eigenvalue weighted by atomic mass is 10.1. The van der Waals surface area contributed by atoms with Gasteiger partial charge in [0.1, 0.15) is 0 Å². The highest BCUT2D eigenvalue weighted by molar-refractivity contribution is 7.09. The molecule has 1 saturated carbocycles. The van der Waals surface area contributed by atoms with Crippen molar-refractivity contribution in [2.45, 2.75) is 45.2 Å². The zero-order valence-electron chi connectivity index (χ0n) is 11.4. The van der Waals surface area contributed by atoms with Crippen LogP contribution in [0.3, 0.4) is 0 Å². The molecule has 0 amide bonds. The van der Waals surface area contributed by atoms with E-state index in [1.807, 2.05) is 0 Å². The Morgan fingerprint density at radius 3 is 3.00 bits per heavy atom. The summed E-state index contributed by atoms with van der Waals surface area (Å²) < 4.78 is 0. The Hall–Kier alpha value is -0.450. The maximum absolute atomic E-state index is 4.55. The molecule has 1 aliphatic carbocycles. The summed E-state index contributed by atoms with van der Waals surface area (Å²) >= 11 is 1.74.